The molecule has 30 heavy (non-hydrogen) atoms. The summed E-state index contributed by atoms with van der Waals surface area (Å²) in [5.41, 5.74) is 0.104. The van der Waals surface area contributed by atoms with Crippen LogP contribution in [0.2, 0.25) is 5.02 Å². The summed E-state index contributed by atoms with van der Waals surface area (Å²) < 4.78 is 46.1. The third-order valence-electron chi connectivity index (χ3n) is 4.20. The third-order valence-corrected chi connectivity index (χ3v) is 5.87. The van der Waals surface area contributed by atoms with E-state index in [2.05, 4.69) is 19.9 Å². The smallest absolute Gasteiger partial charge is 0.241 e. The second-order valence-electron chi connectivity index (χ2n) is 6.35. The maximum atomic E-state index is 14.9. The predicted molar refractivity (Wildman–Crippen MR) is 109 cm³/mol. The topological polar surface area (TPSA) is 134 Å². The van der Waals surface area contributed by atoms with Crippen LogP contribution in [0.15, 0.2) is 24.4 Å². The minimum atomic E-state index is -3.90. The van der Waals surface area contributed by atoms with Gasteiger partial charge in [0.15, 0.2) is 17.2 Å². The normalized spacial score (nSPS) is 11.6. The summed E-state index contributed by atoms with van der Waals surface area (Å²) in [5, 5.41) is 15.8. The number of sulfonamides is 1. The molecule has 0 aliphatic carbocycles. The summed E-state index contributed by atoms with van der Waals surface area (Å²) >= 11 is 6.02. The van der Waals surface area contributed by atoms with E-state index in [-0.39, 0.29) is 24.5 Å². The zero-order valence-corrected chi connectivity index (χ0v) is 17.3. The monoisotopic (exact) mass is 456 g/mol. The van der Waals surface area contributed by atoms with Crippen molar-refractivity contribution in [2.24, 2.45) is 0 Å². The molecule has 0 radical (unpaired) electrons. The maximum Gasteiger partial charge on any atom is 0.241 e. The number of aliphatic hydroxyl groups is 1. The fourth-order valence-electron chi connectivity index (χ4n) is 2.81. The zero-order valence-electron chi connectivity index (χ0n) is 15.8. The van der Waals surface area contributed by atoms with Crippen molar-refractivity contribution in [1.82, 2.24) is 15.2 Å². The number of methoxy groups -OCH3 is 1. The minimum Gasteiger partial charge on any atom is -0.479 e. The van der Waals surface area contributed by atoms with Gasteiger partial charge in [0.1, 0.15) is 0 Å². The lowest BCUT2D eigenvalue weighted by molar-refractivity contribution is 0.0989. The van der Waals surface area contributed by atoms with Gasteiger partial charge in [-0.2, -0.15) is 0 Å². The van der Waals surface area contributed by atoms with Gasteiger partial charge >= 0.3 is 0 Å². The second kappa shape index (κ2) is 8.94. The highest BCUT2D eigenvalue weighted by molar-refractivity contribution is 7.92. The SMILES string of the molecule is COc1n[nH]c2ncc(CC(=O)c3c(Cl)ccc(NS(=O)(=O)CCCO)c3F)cc12. The number of hydrogen-bond donors (Lipinski definition) is 3. The number of fused-ring (bicyclic) bond motifs is 1. The first-order chi connectivity index (χ1) is 14.3. The number of halogens is 2. The molecule has 2 heterocycles. The van der Waals surface area contributed by atoms with Crippen LogP contribution in [0.25, 0.3) is 11.0 Å². The van der Waals surface area contributed by atoms with Gasteiger partial charge in [-0.1, -0.05) is 11.6 Å². The quantitative estimate of drug-likeness (QED) is 0.420. The van der Waals surface area contributed by atoms with Crippen LogP contribution in [0.3, 0.4) is 0 Å². The number of carbonyl (C=O) groups is 1. The van der Waals surface area contributed by atoms with Gasteiger partial charge in [0, 0.05) is 19.2 Å². The lowest BCUT2D eigenvalue weighted by Gasteiger charge is -2.12. The van der Waals surface area contributed by atoms with Crippen molar-refractivity contribution in [3.8, 4) is 5.88 Å². The van der Waals surface area contributed by atoms with Crippen molar-refractivity contribution in [3.63, 3.8) is 0 Å². The van der Waals surface area contributed by atoms with Crippen molar-refractivity contribution in [2.45, 2.75) is 12.8 Å². The van der Waals surface area contributed by atoms with Crippen LogP contribution in [0.4, 0.5) is 10.1 Å². The lowest BCUT2D eigenvalue weighted by atomic mass is 10.0. The number of nitrogens with one attached hydrogen (secondary N) is 2. The van der Waals surface area contributed by atoms with Gasteiger partial charge in [-0.15, -0.1) is 5.10 Å². The number of aromatic amines is 1. The average molecular weight is 457 g/mol. The number of aromatic nitrogens is 3. The molecule has 0 amide bonds. The molecule has 0 bridgehead atoms. The van der Waals surface area contributed by atoms with Gasteiger partial charge < -0.3 is 9.84 Å². The molecule has 1 aromatic carbocycles. The molecule has 0 saturated heterocycles. The number of H-pyrrole nitrogens is 1. The summed E-state index contributed by atoms with van der Waals surface area (Å²) in [5.74, 6) is -1.82. The number of pyridine rings is 1. The minimum absolute atomic E-state index is 0.0106. The van der Waals surface area contributed by atoms with Crippen molar-refractivity contribution < 1.29 is 27.4 Å². The number of hydrogen-bond acceptors (Lipinski definition) is 7. The van der Waals surface area contributed by atoms with Crippen LogP contribution >= 0.6 is 11.6 Å². The van der Waals surface area contributed by atoms with Crippen LogP contribution < -0.4 is 9.46 Å². The Labute approximate surface area is 176 Å². The second-order valence-corrected chi connectivity index (χ2v) is 8.60. The molecule has 9 nitrogen and oxygen atoms in total. The van der Waals surface area contributed by atoms with E-state index in [1.807, 2.05) is 0 Å². The van der Waals surface area contributed by atoms with E-state index in [0.29, 0.717) is 22.5 Å². The number of benzene rings is 1. The van der Waals surface area contributed by atoms with Gasteiger partial charge in [-0.05, 0) is 30.2 Å². The number of carbonyl (C=O) groups excluding carboxylic acids is 1. The fraction of sp³-hybridized carbons (Fsp3) is 0.278. The number of aliphatic hydroxyl groups excluding tert-OH is 1. The van der Waals surface area contributed by atoms with Gasteiger partial charge in [-0.3, -0.25) is 14.6 Å². The summed E-state index contributed by atoms with van der Waals surface area (Å²) in [7, 11) is -2.46. The summed E-state index contributed by atoms with van der Waals surface area (Å²) in [6, 6.07) is 4.01. The largest absolute Gasteiger partial charge is 0.479 e. The van der Waals surface area contributed by atoms with Crippen LogP contribution in [0.5, 0.6) is 5.88 Å². The Morgan fingerprint density at radius 3 is 2.87 bits per heavy atom. The number of nitrogens with zero attached hydrogens (tertiary/aromatic N) is 2. The molecule has 0 saturated carbocycles. The Balaban J connectivity index is 1.88. The van der Waals surface area contributed by atoms with Crippen molar-refractivity contribution in [3.05, 3.63) is 46.4 Å². The van der Waals surface area contributed by atoms with Crippen molar-refractivity contribution >= 4 is 44.1 Å². The van der Waals surface area contributed by atoms with E-state index in [0.717, 1.165) is 6.07 Å². The molecule has 3 N–H and O–H groups in total. The summed E-state index contributed by atoms with van der Waals surface area (Å²) in [4.78, 5) is 16.9. The van der Waals surface area contributed by atoms with Gasteiger partial charge in [0.25, 0.3) is 0 Å². The molecule has 0 spiro atoms. The Hall–Kier alpha value is -2.76. The van der Waals surface area contributed by atoms with E-state index in [4.69, 9.17) is 21.4 Å². The first-order valence-electron chi connectivity index (χ1n) is 8.75. The number of rotatable bonds is 9. The zero-order chi connectivity index (χ0) is 21.9. The molecular formula is C18H18ClFN4O5S. The van der Waals surface area contributed by atoms with E-state index < -0.39 is 38.6 Å². The van der Waals surface area contributed by atoms with E-state index >= 15 is 0 Å². The Morgan fingerprint density at radius 1 is 1.40 bits per heavy atom. The fourth-order valence-corrected chi connectivity index (χ4v) is 4.17. The number of ketones is 1. The van der Waals surface area contributed by atoms with Crippen LogP contribution in [0.1, 0.15) is 22.3 Å². The molecule has 12 heteroatoms. The van der Waals surface area contributed by atoms with Crippen molar-refractivity contribution in [1.29, 1.82) is 0 Å². The number of Topliss-reactive ketones (excluding diaryl/α,β-unsaturated/α-hetero) is 1. The van der Waals surface area contributed by atoms with Gasteiger partial charge in [0.05, 0.1) is 34.5 Å². The molecular weight excluding hydrogens is 439 g/mol. The molecule has 0 atom stereocenters. The molecule has 3 aromatic rings. The first-order valence-corrected chi connectivity index (χ1v) is 10.8. The van der Waals surface area contributed by atoms with Crippen molar-refractivity contribution in [2.75, 3.05) is 24.2 Å². The highest BCUT2D eigenvalue weighted by atomic mass is 35.5. The molecule has 0 aliphatic heterocycles. The van der Waals surface area contributed by atoms with Gasteiger partial charge in [-0.25, -0.2) is 17.8 Å². The summed E-state index contributed by atoms with van der Waals surface area (Å²) in [6.45, 7) is -0.326. The predicted octanol–water partition coefficient (Wildman–Crippen LogP) is 2.31. The van der Waals surface area contributed by atoms with Crippen LogP contribution in [-0.2, 0) is 16.4 Å². The Morgan fingerprint density at radius 2 is 2.17 bits per heavy atom. The Kier molecular flexibility index (Phi) is 6.54. The molecule has 0 fully saturated rings. The van der Waals surface area contributed by atoms with E-state index in [1.54, 1.807) is 6.07 Å². The summed E-state index contributed by atoms with van der Waals surface area (Å²) in [6.07, 6.45) is 1.20. The van der Waals surface area contributed by atoms with Gasteiger partial charge in [0.2, 0.25) is 15.9 Å². The number of anilines is 1. The van der Waals surface area contributed by atoms with E-state index in [1.165, 1.54) is 19.4 Å². The molecule has 0 aliphatic rings. The van der Waals surface area contributed by atoms with Crippen LogP contribution in [0, 0.1) is 5.82 Å². The third kappa shape index (κ3) is 4.69. The molecule has 3 rings (SSSR count). The highest BCUT2D eigenvalue weighted by Crippen LogP contribution is 2.28. The molecule has 160 valence electrons. The molecule has 0 unspecified atom stereocenters. The standard InChI is InChI=1S/C18H18ClFN4O5S/c1-29-18-11-7-10(9-21-17(11)22-23-18)8-14(26)15-12(19)3-4-13(16(15)20)24-30(27,28)6-2-5-25/h3-4,7,9,24-25H,2,5-6,8H2,1H3,(H,21,22,23). The first kappa shape index (κ1) is 21.9. The van der Waals surface area contributed by atoms with E-state index in [9.17, 15) is 17.6 Å². The molecule has 2 aromatic heterocycles. The Bertz CT molecular complexity index is 1200. The maximum absolute atomic E-state index is 14.9. The average Bonchev–Trinajstić information content (AvgIpc) is 3.11. The number of ether oxygens (including phenoxy) is 1. The lowest BCUT2D eigenvalue weighted by Crippen LogP contribution is -2.19. The van der Waals surface area contributed by atoms with Crippen LogP contribution in [-0.4, -0.2) is 54.0 Å². The highest BCUT2D eigenvalue weighted by Gasteiger charge is 2.22.